The minimum atomic E-state index is -0.281. The topological polar surface area (TPSA) is 68.3 Å². The lowest BCUT2D eigenvalue weighted by atomic mass is 10.2. The van der Waals surface area contributed by atoms with Crippen LogP contribution in [0, 0.1) is 6.92 Å². The number of anilines is 1. The maximum Gasteiger partial charge on any atom is 0.259 e. The van der Waals surface area contributed by atoms with Crippen LogP contribution < -0.4 is 11.1 Å². The number of nitrogens with two attached hydrogens (primary N) is 1. The average molecular weight is 295 g/mol. The summed E-state index contributed by atoms with van der Waals surface area (Å²) >= 11 is 10.9. The number of benzene rings is 1. The van der Waals surface area contributed by atoms with Crippen LogP contribution in [0.2, 0.25) is 5.02 Å². The predicted molar refractivity (Wildman–Crippen MR) is 78.7 cm³/mol. The first-order chi connectivity index (χ1) is 8.99. The van der Waals surface area contributed by atoms with E-state index in [1.54, 1.807) is 31.2 Å². The van der Waals surface area contributed by atoms with Crippen LogP contribution in [0.3, 0.4) is 0 Å². The molecule has 3 N–H and O–H groups in total. The van der Waals surface area contributed by atoms with E-state index in [2.05, 4.69) is 5.32 Å². The number of amides is 1. The van der Waals surface area contributed by atoms with Crippen LogP contribution in [0.5, 0.6) is 0 Å². The maximum absolute atomic E-state index is 12.0. The molecule has 1 aromatic heterocycles. The molecule has 0 atom stereocenters. The Bertz CT molecular complexity index is 652. The molecule has 4 nitrogen and oxygen atoms in total. The first-order valence-corrected chi connectivity index (χ1v) is 6.22. The number of nitrogens with one attached hydrogen (secondary N) is 1. The summed E-state index contributed by atoms with van der Waals surface area (Å²) in [5.41, 5.74) is 7.11. The van der Waals surface area contributed by atoms with Crippen molar-refractivity contribution in [1.82, 2.24) is 0 Å². The summed E-state index contributed by atoms with van der Waals surface area (Å²) in [7, 11) is 0. The van der Waals surface area contributed by atoms with Gasteiger partial charge in [0.05, 0.1) is 22.5 Å². The van der Waals surface area contributed by atoms with Gasteiger partial charge in [-0.1, -0.05) is 23.8 Å². The summed E-state index contributed by atoms with van der Waals surface area (Å²) in [6.45, 7) is 1.71. The van der Waals surface area contributed by atoms with Gasteiger partial charge in [-0.05, 0) is 31.2 Å². The Morgan fingerprint density at radius 2 is 2.16 bits per heavy atom. The number of aryl methyl sites for hydroxylation is 1. The van der Waals surface area contributed by atoms with Crippen LogP contribution >= 0.6 is 23.8 Å². The van der Waals surface area contributed by atoms with E-state index in [-0.39, 0.29) is 10.9 Å². The van der Waals surface area contributed by atoms with E-state index in [0.29, 0.717) is 27.6 Å². The summed E-state index contributed by atoms with van der Waals surface area (Å²) in [4.78, 5) is 12.2. The van der Waals surface area contributed by atoms with E-state index in [1.807, 2.05) is 0 Å². The Morgan fingerprint density at radius 3 is 2.68 bits per heavy atom. The van der Waals surface area contributed by atoms with Gasteiger partial charge in [-0.25, -0.2) is 0 Å². The molecule has 2 aromatic rings. The van der Waals surface area contributed by atoms with Crippen LogP contribution in [0.15, 0.2) is 34.9 Å². The van der Waals surface area contributed by atoms with Gasteiger partial charge in [0, 0.05) is 5.56 Å². The fourth-order valence-corrected chi connectivity index (χ4v) is 1.93. The van der Waals surface area contributed by atoms with Crippen molar-refractivity contribution in [1.29, 1.82) is 0 Å². The number of furan rings is 1. The molecule has 0 unspecified atom stereocenters. The lowest BCUT2D eigenvalue weighted by Gasteiger charge is -2.08. The Kier molecular flexibility index (Phi) is 3.87. The van der Waals surface area contributed by atoms with Crippen molar-refractivity contribution in [3.63, 3.8) is 0 Å². The molecule has 0 aliphatic heterocycles. The van der Waals surface area contributed by atoms with Gasteiger partial charge in [-0.15, -0.1) is 0 Å². The Labute approximate surface area is 120 Å². The van der Waals surface area contributed by atoms with Gasteiger partial charge >= 0.3 is 0 Å². The molecular weight excluding hydrogens is 284 g/mol. The van der Waals surface area contributed by atoms with Crippen molar-refractivity contribution in [3.8, 4) is 0 Å². The van der Waals surface area contributed by atoms with Crippen molar-refractivity contribution >= 4 is 40.4 Å². The van der Waals surface area contributed by atoms with Gasteiger partial charge in [0.2, 0.25) is 0 Å². The van der Waals surface area contributed by atoms with E-state index >= 15 is 0 Å². The lowest BCUT2D eigenvalue weighted by Crippen LogP contribution is -2.13. The van der Waals surface area contributed by atoms with Crippen molar-refractivity contribution in [3.05, 3.63) is 52.4 Å². The third-order valence-corrected chi connectivity index (χ3v) is 3.15. The SMILES string of the molecule is Cc1occc1C(=O)Nc1ccc(C(N)=S)cc1Cl. The number of carbonyl (C=O) groups is 1. The molecule has 0 saturated heterocycles. The summed E-state index contributed by atoms with van der Waals surface area (Å²) in [5.74, 6) is 0.268. The van der Waals surface area contributed by atoms with Gasteiger partial charge in [-0.3, -0.25) is 4.79 Å². The second kappa shape index (κ2) is 5.42. The molecule has 1 aromatic carbocycles. The second-order valence-corrected chi connectivity index (χ2v) is 4.75. The highest BCUT2D eigenvalue weighted by atomic mass is 35.5. The molecule has 0 fully saturated rings. The Balaban J connectivity index is 2.23. The largest absolute Gasteiger partial charge is 0.469 e. The lowest BCUT2D eigenvalue weighted by molar-refractivity contribution is 0.102. The van der Waals surface area contributed by atoms with E-state index in [4.69, 9.17) is 34.0 Å². The number of hydrogen-bond acceptors (Lipinski definition) is 3. The van der Waals surface area contributed by atoms with E-state index in [0.717, 1.165) is 0 Å². The van der Waals surface area contributed by atoms with Gasteiger partial charge in [0.1, 0.15) is 10.7 Å². The minimum Gasteiger partial charge on any atom is -0.469 e. The number of carbonyl (C=O) groups excluding carboxylic acids is 1. The number of rotatable bonds is 3. The van der Waals surface area contributed by atoms with Gasteiger partial charge in [0.15, 0.2) is 0 Å². The average Bonchev–Trinajstić information content (AvgIpc) is 2.77. The van der Waals surface area contributed by atoms with E-state index in [1.165, 1.54) is 6.26 Å². The first kappa shape index (κ1) is 13.6. The summed E-state index contributed by atoms with van der Waals surface area (Å²) < 4.78 is 5.08. The van der Waals surface area contributed by atoms with Crippen LogP contribution in [0.4, 0.5) is 5.69 Å². The highest BCUT2D eigenvalue weighted by Gasteiger charge is 2.13. The Morgan fingerprint density at radius 1 is 1.42 bits per heavy atom. The van der Waals surface area contributed by atoms with E-state index in [9.17, 15) is 4.79 Å². The van der Waals surface area contributed by atoms with Crippen molar-refractivity contribution < 1.29 is 9.21 Å². The number of hydrogen-bond donors (Lipinski definition) is 2. The highest BCUT2D eigenvalue weighted by molar-refractivity contribution is 7.80. The standard InChI is InChI=1S/C13H11ClN2O2S/c1-7-9(4-5-18-7)13(17)16-11-3-2-8(12(15)19)6-10(11)14/h2-6H,1H3,(H2,15,19)(H,16,17). The fourth-order valence-electron chi connectivity index (χ4n) is 1.58. The molecule has 0 bridgehead atoms. The van der Waals surface area contributed by atoms with Crippen LogP contribution in [-0.4, -0.2) is 10.9 Å². The number of thiocarbonyl (C=S) groups is 1. The summed E-state index contributed by atoms with van der Waals surface area (Å²) in [5, 5.41) is 3.08. The monoisotopic (exact) mass is 294 g/mol. The number of halogens is 1. The molecule has 6 heteroatoms. The smallest absolute Gasteiger partial charge is 0.259 e. The zero-order valence-electron chi connectivity index (χ0n) is 10.1. The van der Waals surface area contributed by atoms with Crippen molar-refractivity contribution in [2.45, 2.75) is 6.92 Å². The van der Waals surface area contributed by atoms with Gasteiger partial charge < -0.3 is 15.5 Å². The molecule has 98 valence electrons. The first-order valence-electron chi connectivity index (χ1n) is 5.44. The summed E-state index contributed by atoms with van der Waals surface area (Å²) in [6.07, 6.45) is 1.46. The van der Waals surface area contributed by atoms with Crippen molar-refractivity contribution in [2.24, 2.45) is 5.73 Å². The molecule has 19 heavy (non-hydrogen) atoms. The second-order valence-electron chi connectivity index (χ2n) is 3.90. The Hall–Kier alpha value is -1.85. The quantitative estimate of drug-likeness (QED) is 0.854. The molecule has 0 saturated carbocycles. The van der Waals surface area contributed by atoms with Crippen LogP contribution in [-0.2, 0) is 0 Å². The molecular formula is C13H11ClN2O2S. The highest BCUT2D eigenvalue weighted by Crippen LogP contribution is 2.24. The molecule has 0 radical (unpaired) electrons. The molecule has 0 aliphatic carbocycles. The molecule has 1 amide bonds. The maximum atomic E-state index is 12.0. The van der Waals surface area contributed by atoms with Crippen LogP contribution in [0.1, 0.15) is 21.7 Å². The third-order valence-electron chi connectivity index (χ3n) is 2.61. The van der Waals surface area contributed by atoms with Gasteiger partial charge in [0.25, 0.3) is 5.91 Å². The summed E-state index contributed by atoms with van der Waals surface area (Å²) in [6, 6.07) is 6.57. The zero-order valence-corrected chi connectivity index (χ0v) is 11.6. The fraction of sp³-hybridized carbons (Fsp3) is 0.0769. The van der Waals surface area contributed by atoms with Gasteiger partial charge in [-0.2, -0.15) is 0 Å². The molecule has 0 spiro atoms. The molecule has 0 aliphatic rings. The third kappa shape index (κ3) is 2.94. The molecule has 1 heterocycles. The van der Waals surface area contributed by atoms with Crippen LogP contribution in [0.25, 0.3) is 0 Å². The zero-order chi connectivity index (χ0) is 14.0. The minimum absolute atomic E-state index is 0.255. The van der Waals surface area contributed by atoms with Crippen molar-refractivity contribution in [2.75, 3.05) is 5.32 Å². The predicted octanol–water partition coefficient (Wildman–Crippen LogP) is 3.13. The normalized spacial score (nSPS) is 10.2. The van der Waals surface area contributed by atoms with E-state index < -0.39 is 0 Å². The molecule has 2 rings (SSSR count).